The number of alkyl halides is 1. The van der Waals surface area contributed by atoms with Gasteiger partial charge in [-0.25, -0.2) is 4.79 Å². The molecule has 0 fully saturated rings. The Bertz CT molecular complexity index is 175. The SMILES string of the molecule is CCOC(=O)C(CCCCCCl)N=O. The molecule has 1 unspecified atom stereocenters. The van der Waals surface area contributed by atoms with E-state index in [4.69, 9.17) is 16.3 Å². The molecular formula is C9H16ClNO3. The lowest BCUT2D eigenvalue weighted by atomic mass is 10.1. The van der Waals surface area contributed by atoms with Crippen LogP contribution in [0.4, 0.5) is 0 Å². The summed E-state index contributed by atoms with van der Waals surface area (Å²) < 4.78 is 4.69. The highest BCUT2D eigenvalue weighted by atomic mass is 35.5. The predicted octanol–water partition coefficient (Wildman–Crippen LogP) is 2.48. The molecule has 0 heterocycles. The van der Waals surface area contributed by atoms with Crippen LogP contribution in [0, 0.1) is 4.91 Å². The van der Waals surface area contributed by atoms with E-state index < -0.39 is 12.0 Å². The molecule has 5 heteroatoms. The molecule has 0 saturated heterocycles. The van der Waals surface area contributed by atoms with Crippen molar-refractivity contribution < 1.29 is 9.53 Å². The molecule has 0 aromatic carbocycles. The molecule has 4 nitrogen and oxygen atoms in total. The molecule has 0 bridgehead atoms. The average Bonchev–Trinajstić information content (AvgIpc) is 2.18. The van der Waals surface area contributed by atoms with Crippen LogP contribution in [0.5, 0.6) is 0 Å². The summed E-state index contributed by atoms with van der Waals surface area (Å²) in [6, 6.07) is -0.842. The lowest BCUT2D eigenvalue weighted by Crippen LogP contribution is -2.20. The van der Waals surface area contributed by atoms with Crippen molar-refractivity contribution in [2.45, 2.75) is 38.6 Å². The van der Waals surface area contributed by atoms with Crippen LogP contribution in [-0.4, -0.2) is 24.5 Å². The highest BCUT2D eigenvalue weighted by Crippen LogP contribution is 2.08. The molecule has 0 aliphatic rings. The normalized spacial score (nSPS) is 12.1. The standard InChI is InChI=1S/C9H16ClNO3/c1-2-14-9(12)8(11-13)6-4-3-5-7-10/h8H,2-7H2,1H3. The van der Waals surface area contributed by atoms with E-state index >= 15 is 0 Å². The summed E-state index contributed by atoms with van der Waals surface area (Å²) in [5.41, 5.74) is 0. The molecule has 0 radical (unpaired) electrons. The molecule has 0 amide bonds. The van der Waals surface area contributed by atoms with Crippen LogP contribution >= 0.6 is 11.6 Å². The van der Waals surface area contributed by atoms with Crippen LogP contribution < -0.4 is 0 Å². The third-order valence-electron chi connectivity index (χ3n) is 1.80. The third kappa shape index (κ3) is 5.91. The van der Waals surface area contributed by atoms with E-state index in [1.54, 1.807) is 6.92 Å². The fourth-order valence-corrected chi connectivity index (χ4v) is 1.25. The molecule has 82 valence electrons. The summed E-state index contributed by atoms with van der Waals surface area (Å²) >= 11 is 5.49. The number of hydrogen-bond donors (Lipinski definition) is 0. The first kappa shape index (κ1) is 13.4. The van der Waals surface area contributed by atoms with Crippen LogP contribution in [0.3, 0.4) is 0 Å². The van der Waals surface area contributed by atoms with Crippen LogP contribution in [0.25, 0.3) is 0 Å². The van der Waals surface area contributed by atoms with Gasteiger partial charge in [-0.05, 0) is 19.8 Å². The van der Waals surface area contributed by atoms with Crippen LogP contribution in [0.1, 0.15) is 32.6 Å². The minimum absolute atomic E-state index is 0.284. The number of rotatable bonds is 8. The predicted molar refractivity (Wildman–Crippen MR) is 55.4 cm³/mol. The molecule has 0 saturated carbocycles. The van der Waals surface area contributed by atoms with E-state index in [9.17, 15) is 9.70 Å². The first-order valence-corrected chi connectivity index (χ1v) is 5.34. The largest absolute Gasteiger partial charge is 0.464 e. The molecule has 0 aliphatic heterocycles. The Balaban J connectivity index is 3.67. The van der Waals surface area contributed by atoms with Crippen molar-refractivity contribution in [3.05, 3.63) is 4.91 Å². The first-order valence-electron chi connectivity index (χ1n) is 4.81. The Hall–Kier alpha value is -0.640. The van der Waals surface area contributed by atoms with E-state index in [1.165, 1.54) is 0 Å². The Morgan fingerprint density at radius 1 is 1.43 bits per heavy atom. The van der Waals surface area contributed by atoms with Gasteiger partial charge >= 0.3 is 5.97 Å². The Morgan fingerprint density at radius 2 is 2.14 bits per heavy atom. The van der Waals surface area contributed by atoms with E-state index in [0.29, 0.717) is 12.3 Å². The monoisotopic (exact) mass is 221 g/mol. The molecule has 0 aromatic rings. The maximum Gasteiger partial charge on any atom is 0.334 e. The van der Waals surface area contributed by atoms with Gasteiger partial charge < -0.3 is 4.74 Å². The van der Waals surface area contributed by atoms with E-state index in [2.05, 4.69) is 5.18 Å². The van der Waals surface area contributed by atoms with Gasteiger partial charge in [-0.1, -0.05) is 18.0 Å². The number of nitrogens with zero attached hydrogens (tertiary/aromatic N) is 1. The summed E-state index contributed by atoms with van der Waals surface area (Å²) in [6.07, 6.45) is 3.05. The number of nitroso groups, excluding NO2 is 1. The summed E-state index contributed by atoms with van der Waals surface area (Å²) in [5, 5.41) is 2.75. The van der Waals surface area contributed by atoms with Crippen LogP contribution in [0.2, 0.25) is 0 Å². The third-order valence-corrected chi connectivity index (χ3v) is 2.06. The van der Waals surface area contributed by atoms with Gasteiger partial charge in [0.2, 0.25) is 0 Å². The van der Waals surface area contributed by atoms with Gasteiger partial charge in [-0.3, -0.25) is 0 Å². The molecule has 0 rings (SSSR count). The molecule has 14 heavy (non-hydrogen) atoms. The molecule has 0 aliphatic carbocycles. The van der Waals surface area contributed by atoms with E-state index in [-0.39, 0.29) is 6.61 Å². The van der Waals surface area contributed by atoms with Gasteiger partial charge in [0.15, 0.2) is 6.04 Å². The molecule has 0 aromatic heterocycles. The summed E-state index contributed by atoms with van der Waals surface area (Å²) in [7, 11) is 0. The highest BCUT2D eigenvalue weighted by molar-refractivity contribution is 6.17. The van der Waals surface area contributed by atoms with Crippen molar-refractivity contribution in [3.8, 4) is 0 Å². The number of esters is 1. The zero-order valence-corrected chi connectivity index (χ0v) is 9.13. The van der Waals surface area contributed by atoms with Gasteiger partial charge in [0.1, 0.15) is 0 Å². The van der Waals surface area contributed by atoms with Crippen LogP contribution in [0.15, 0.2) is 5.18 Å². The average molecular weight is 222 g/mol. The van der Waals surface area contributed by atoms with Crippen molar-refractivity contribution in [1.29, 1.82) is 0 Å². The Labute approximate surface area is 88.9 Å². The number of ether oxygens (including phenoxy) is 1. The number of carbonyl (C=O) groups is 1. The van der Waals surface area contributed by atoms with Crippen molar-refractivity contribution in [1.82, 2.24) is 0 Å². The first-order chi connectivity index (χ1) is 6.76. The second-order valence-corrected chi connectivity index (χ2v) is 3.29. The van der Waals surface area contributed by atoms with Crippen molar-refractivity contribution in [3.63, 3.8) is 0 Å². The number of unbranched alkanes of at least 4 members (excludes halogenated alkanes) is 2. The zero-order chi connectivity index (χ0) is 10.8. The fourth-order valence-electron chi connectivity index (χ4n) is 1.06. The highest BCUT2D eigenvalue weighted by Gasteiger charge is 2.19. The lowest BCUT2D eigenvalue weighted by Gasteiger charge is -2.07. The fraction of sp³-hybridized carbons (Fsp3) is 0.889. The van der Waals surface area contributed by atoms with Gasteiger partial charge in [0.25, 0.3) is 0 Å². The second-order valence-electron chi connectivity index (χ2n) is 2.91. The molecule has 1 atom stereocenters. The Kier molecular flexibility index (Phi) is 8.53. The summed E-state index contributed by atoms with van der Waals surface area (Å²) in [4.78, 5) is 21.4. The van der Waals surface area contributed by atoms with Crippen molar-refractivity contribution in [2.24, 2.45) is 5.18 Å². The van der Waals surface area contributed by atoms with Gasteiger partial charge in [-0.15, -0.1) is 16.5 Å². The van der Waals surface area contributed by atoms with Crippen molar-refractivity contribution in [2.75, 3.05) is 12.5 Å². The second kappa shape index (κ2) is 8.94. The number of carbonyl (C=O) groups excluding carboxylic acids is 1. The van der Waals surface area contributed by atoms with Gasteiger partial charge in [-0.2, -0.15) is 0 Å². The Morgan fingerprint density at radius 3 is 2.64 bits per heavy atom. The van der Waals surface area contributed by atoms with Gasteiger partial charge in [0, 0.05) is 5.88 Å². The topological polar surface area (TPSA) is 55.7 Å². The quantitative estimate of drug-likeness (QED) is 0.274. The maximum absolute atomic E-state index is 11.1. The van der Waals surface area contributed by atoms with Crippen LogP contribution in [-0.2, 0) is 9.53 Å². The minimum atomic E-state index is -0.842. The smallest absolute Gasteiger partial charge is 0.334 e. The maximum atomic E-state index is 11.1. The molecule has 0 N–H and O–H groups in total. The zero-order valence-electron chi connectivity index (χ0n) is 8.37. The van der Waals surface area contributed by atoms with E-state index in [1.807, 2.05) is 0 Å². The van der Waals surface area contributed by atoms with Gasteiger partial charge in [0.05, 0.1) is 6.61 Å². The number of hydrogen-bond acceptors (Lipinski definition) is 4. The lowest BCUT2D eigenvalue weighted by molar-refractivity contribution is -0.144. The number of halogens is 1. The molecular weight excluding hydrogens is 206 g/mol. The minimum Gasteiger partial charge on any atom is -0.464 e. The van der Waals surface area contributed by atoms with Crippen molar-refractivity contribution >= 4 is 17.6 Å². The summed E-state index contributed by atoms with van der Waals surface area (Å²) in [6.45, 7) is 1.99. The summed E-state index contributed by atoms with van der Waals surface area (Å²) in [5.74, 6) is 0.0897. The van der Waals surface area contributed by atoms with E-state index in [0.717, 1.165) is 19.3 Å². The molecule has 0 spiro atoms.